The summed E-state index contributed by atoms with van der Waals surface area (Å²) in [5, 5.41) is 9.55. The van der Waals surface area contributed by atoms with Crippen molar-refractivity contribution in [1.29, 1.82) is 0 Å². The number of carbonyl (C=O) groups excluding carboxylic acids is 1. The molecule has 2 heterocycles. The normalized spacial score (nSPS) is 16.2. The molecule has 1 amide bonds. The molecule has 1 N–H and O–H groups in total. The number of rotatable bonds is 7. The van der Waals surface area contributed by atoms with E-state index in [1.54, 1.807) is 0 Å². The van der Waals surface area contributed by atoms with Crippen LogP contribution >= 0.6 is 11.6 Å². The van der Waals surface area contributed by atoms with E-state index in [4.69, 9.17) is 16.7 Å². The van der Waals surface area contributed by atoms with E-state index in [0.717, 1.165) is 35.1 Å². The molecule has 3 aromatic rings. The van der Waals surface area contributed by atoms with Gasteiger partial charge >= 0.3 is 0 Å². The Morgan fingerprint density at radius 2 is 1.84 bits per heavy atom. The Morgan fingerprint density at radius 1 is 1.10 bits per heavy atom. The van der Waals surface area contributed by atoms with E-state index in [-0.39, 0.29) is 5.91 Å². The highest BCUT2D eigenvalue weighted by molar-refractivity contribution is 6.31. The highest BCUT2D eigenvalue weighted by Crippen LogP contribution is 2.31. The van der Waals surface area contributed by atoms with Gasteiger partial charge in [-0.05, 0) is 64.0 Å². The first-order valence-electron chi connectivity index (χ1n) is 11.4. The van der Waals surface area contributed by atoms with E-state index in [9.17, 15) is 4.79 Å². The van der Waals surface area contributed by atoms with Crippen molar-refractivity contribution in [2.45, 2.75) is 45.1 Å². The van der Waals surface area contributed by atoms with Crippen LogP contribution in [0.4, 0.5) is 0 Å². The van der Waals surface area contributed by atoms with Gasteiger partial charge in [0.25, 0.3) is 0 Å². The molecule has 0 spiro atoms. The highest BCUT2D eigenvalue weighted by Gasteiger charge is 2.21. The van der Waals surface area contributed by atoms with Crippen LogP contribution in [0, 0.1) is 0 Å². The third kappa shape index (κ3) is 5.28. The topological polar surface area (TPSA) is 50.2 Å². The fourth-order valence-electron chi connectivity index (χ4n) is 4.35. The van der Waals surface area contributed by atoms with E-state index in [1.807, 2.05) is 60.1 Å². The average Bonchev–Trinajstić information content (AvgIpc) is 2.96. The largest absolute Gasteiger partial charge is 0.354 e. The van der Waals surface area contributed by atoms with Gasteiger partial charge in [-0.25, -0.2) is 0 Å². The van der Waals surface area contributed by atoms with Crippen LogP contribution in [0.2, 0.25) is 5.02 Å². The number of nitrogens with zero attached hydrogens (tertiary/aromatic N) is 3. The Kier molecular flexibility index (Phi) is 7.25. The number of fused-ring (bicyclic) bond motifs is 1. The van der Waals surface area contributed by atoms with E-state index >= 15 is 0 Å². The molecule has 164 valence electrons. The van der Waals surface area contributed by atoms with E-state index in [0.29, 0.717) is 11.6 Å². The van der Waals surface area contributed by atoms with Crippen LogP contribution in [0.1, 0.15) is 45.1 Å². The lowest BCUT2D eigenvalue weighted by molar-refractivity contribution is -0.124. The summed E-state index contributed by atoms with van der Waals surface area (Å²) in [6.07, 6.45) is 6.26. The summed E-state index contributed by atoms with van der Waals surface area (Å²) >= 11 is 6.27. The minimum Gasteiger partial charge on any atom is -0.354 e. The van der Waals surface area contributed by atoms with Gasteiger partial charge in [0, 0.05) is 22.5 Å². The molecule has 4 rings (SSSR count). The molecule has 1 fully saturated rings. The molecule has 0 bridgehead atoms. The predicted molar refractivity (Wildman–Crippen MR) is 127 cm³/mol. The molecule has 0 unspecified atom stereocenters. The lowest BCUT2D eigenvalue weighted by Gasteiger charge is -2.20. The molecule has 5 nitrogen and oxygen atoms in total. The molecular weight excluding hydrogens is 408 g/mol. The molecule has 1 aliphatic rings. The number of hydrogen-bond acceptors (Lipinski definition) is 3. The number of likely N-dealkylation sites (tertiary alicyclic amines) is 1. The molecule has 1 saturated heterocycles. The van der Waals surface area contributed by atoms with Crippen LogP contribution < -0.4 is 5.32 Å². The van der Waals surface area contributed by atoms with Crippen LogP contribution in [0.3, 0.4) is 0 Å². The first-order valence-corrected chi connectivity index (χ1v) is 11.7. The summed E-state index contributed by atoms with van der Waals surface area (Å²) in [7, 11) is 0. The van der Waals surface area contributed by atoms with Gasteiger partial charge in [-0.15, -0.1) is 0 Å². The molecule has 0 radical (unpaired) electrons. The molecule has 0 saturated carbocycles. The zero-order valence-corrected chi connectivity index (χ0v) is 18.9. The third-order valence-electron chi connectivity index (χ3n) is 6.11. The summed E-state index contributed by atoms with van der Waals surface area (Å²) in [5.74, 6) is -0.00479. The summed E-state index contributed by atoms with van der Waals surface area (Å²) in [6, 6.07) is 15.3. The van der Waals surface area contributed by atoms with E-state index in [2.05, 4.69) is 10.2 Å². The molecule has 1 aromatic heterocycles. The first-order chi connectivity index (χ1) is 15.1. The van der Waals surface area contributed by atoms with Gasteiger partial charge in [-0.1, -0.05) is 54.8 Å². The fourth-order valence-corrected chi connectivity index (χ4v) is 4.52. The number of aromatic nitrogens is 2. The quantitative estimate of drug-likeness (QED) is 0.509. The molecule has 1 atom stereocenters. The van der Waals surface area contributed by atoms with E-state index < -0.39 is 6.04 Å². The monoisotopic (exact) mass is 438 g/mol. The number of benzene rings is 2. The molecule has 1 aliphatic heterocycles. The lowest BCUT2D eigenvalue weighted by Crippen LogP contribution is -2.34. The van der Waals surface area contributed by atoms with Crippen molar-refractivity contribution in [3.05, 3.63) is 53.6 Å². The predicted octanol–water partition coefficient (Wildman–Crippen LogP) is 5.30. The first kappa shape index (κ1) is 21.8. The Labute approximate surface area is 189 Å². The molecule has 6 heteroatoms. The second-order valence-corrected chi connectivity index (χ2v) is 8.83. The summed E-state index contributed by atoms with van der Waals surface area (Å²) in [6.45, 7) is 6.02. The number of carbonyl (C=O) groups is 1. The van der Waals surface area contributed by atoms with Crippen molar-refractivity contribution in [2.24, 2.45) is 0 Å². The maximum Gasteiger partial charge on any atom is 0.244 e. The van der Waals surface area contributed by atoms with Crippen LogP contribution in [-0.4, -0.2) is 46.8 Å². The van der Waals surface area contributed by atoms with Crippen molar-refractivity contribution in [1.82, 2.24) is 20.0 Å². The summed E-state index contributed by atoms with van der Waals surface area (Å²) in [5.41, 5.74) is 2.77. The van der Waals surface area contributed by atoms with Gasteiger partial charge in [-0.3, -0.25) is 9.48 Å². The summed E-state index contributed by atoms with van der Waals surface area (Å²) in [4.78, 5) is 15.4. The molecule has 2 aromatic carbocycles. The smallest absolute Gasteiger partial charge is 0.244 e. The number of amides is 1. The lowest BCUT2D eigenvalue weighted by atomic mass is 10.1. The number of hydrogen-bond donors (Lipinski definition) is 1. The zero-order valence-electron chi connectivity index (χ0n) is 18.2. The van der Waals surface area contributed by atoms with Gasteiger partial charge in [0.2, 0.25) is 5.91 Å². The van der Waals surface area contributed by atoms with Crippen LogP contribution in [-0.2, 0) is 4.79 Å². The Balaban J connectivity index is 1.44. The Morgan fingerprint density at radius 3 is 2.58 bits per heavy atom. The van der Waals surface area contributed by atoms with Gasteiger partial charge in [0.05, 0.1) is 5.52 Å². The van der Waals surface area contributed by atoms with Crippen LogP contribution in [0.25, 0.3) is 22.2 Å². The van der Waals surface area contributed by atoms with Gasteiger partial charge in [0.1, 0.15) is 11.7 Å². The maximum atomic E-state index is 12.9. The fraction of sp³-hybridized carbons (Fsp3) is 0.440. The van der Waals surface area contributed by atoms with Crippen molar-refractivity contribution in [3.63, 3.8) is 0 Å². The SMILES string of the molecule is C[C@H](C(=O)NCCCN1CCCCCC1)n1nc(-c2ccccc2)c2cc(Cl)ccc21. The zero-order chi connectivity index (χ0) is 21.6. The van der Waals surface area contributed by atoms with Crippen LogP contribution in [0.5, 0.6) is 0 Å². The Bertz CT molecular complexity index is 1010. The maximum absolute atomic E-state index is 12.9. The second-order valence-electron chi connectivity index (χ2n) is 8.40. The van der Waals surface area contributed by atoms with Gasteiger partial charge in [-0.2, -0.15) is 5.10 Å². The van der Waals surface area contributed by atoms with Crippen molar-refractivity contribution < 1.29 is 4.79 Å². The highest BCUT2D eigenvalue weighted by atomic mass is 35.5. The van der Waals surface area contributed by atoms with Gasteiger partial charge in [0.15, 0.2) is 0 Å². The standard InChI is InChI=1S/C25H31ClN4O/c1-19(25(31)27-14-9-17-29-15-7-2-3-8-16-29)30-23-13-12-21(26)18-22(23)24(28-30)20-10-5-4-6-11-20/h4-6,10-13,18-19H,2-3,7-9,14-17H2,1H3,(H,27,31)/t19-/m1/s1. The molecule has 0 aliphatic carbocycles. The minimum absolute atomic E-state index is 0.00479. The molecular formula is C25H31ClN4O. The second kappa shape index (κ2) is 10.3. The van der Waals surface area contributed by atoms with Crippen molar-refractivity contribution in [3.8, 4) is 11.3 Å². The number of halogens is 1. The number of nitrogens with one attached hydrogen (secondary N) is 1. The molecule has 31 heavy (non-hydrogen) atoms. The van der Waals surface area contributed by atoms with Crippen LogP contribution in [0.15, 0.2) is 48.5 Å². The average molecular weight is 439 g/mol. The Hall–Kier alpha value is -2.37. The summed E-state index contributed by atoms with van der Waals surface area (Å²) < 4.78 is 1.82. The van der Waals surface area contributed by atoms with Gasteiger partial charge < -0.3 is 10.2 Å². The van der Waals surface area contributed by atoms with Crippen molar-refractivity contribution in [2.75, 3.05) is 26.2 Å². The minimum atomic E-state index is -0.403. The van der Waals surface area contributed by atoms with E-state index in [1.165, 1.54) is 38.8 Å². The van der Waals surface area contributed by atoms with Crippen molar-refractivity contribution >= 4 is 28.4 Å². The third-order valence-corrected chi connectivity index (χ3v) is 6.35.